The quantitative estimate of drug-likeness (QED) is 0.0859. The van der Waals surface area contributed by atoms with Crippen LogP contribution in [0.3, 0.4) is 0 Å². The molecule has 0 aliphatic heterocycles. The van der Waals surface area contributed by atoms with E-state index in [1.807, 2.05) is 6.92 Å². The standard InChI is InChI=1S/C55H41IN2S.C3H6.CH5N/c1-55(2)53-35-46(45-17-16-38-10-6-7-11-44(38)34-45)24-32-51(53)52-33-31-50(36-54(52)55)58(48-27-20-42(21-28-48)37-8-4-3-5-9-37)49-29-22-43(23-30-49)40-14-12-39(13-15-40)41-18-25-47(26-19-41)57-59-56;1-3-2;1-2/h3-36,57H,1-2H3;3H,1H2,2H3;2H2,1H3. The minimum Gasteiger partial charge on any atom is -0.333 e. The molecule has 0 heterocycles. The van der Waals surface area contributed by atoms with Crippen LogP contribution in [0.5, 0.6) is 0 Å². The summed E-state index contributed by atoms with van der Waals surface area (Å²) in [6.07, 6.45) is 1.75. The summed E-state index contributed by atoms with van der Waals surface area (Å²) in [5.41, 5.74) is 23.8. The smallest absolute Gasteiger partial charge is 0.0465 e. The highest BCUT2D eigenvalue weighted by Crippen LogP contribution is 2.52. The molecule has 0 amide bonds. The summed E-state index contributed by atoms with van der Waals surface area (Å²) in [5.74, 6) is 0. The summed E-state index contributed by atoms with van der Waals surface area (Å²) in [6, 6.07) is 75.6. The van der Waals surface area contributed by atoms with Crippen LogP contribution >= 0.6 is 30.3 Å². The molecule has 0 unspecified atom stereocenters. The van der Waals surface area contributed by atoms with Crippen molar-refractivity contribution in [1.82, 2.24) is 0 Å². The van der Waals surface area contributed by atoms with Gasteiger partial charge in [0.1, 0.15) is 0 Å². The van der Waals surface area contributed by atoms with Crippen LogP contribution in [0.2, 0.25) is 0 Å². The molecule has 5 heteroatoms. The van der Waals surface area contributed by atoms with Crippen LogP contribution in [0.25, 0.3) is 66.4 Å². The Balaban J connectivity index is 0.00000108. The Labute approximate surface area is 395 Å². The van der Waals surface area contributed by atoms with Gasteiger partial charge in [-0.15, -0.1) is 6.58 Å². The van der Waals surface area contributed by atoms with Crippen molar-refractivity contribution in [3.05, 3.63) is 230 Å². The molecule has 64 heavy (non-hydrogen) atoms. The van der Waals surface area contributed by atoms with Gasteiger partial charge in [-0.2, -0.15) is 0 Å². The summed E-state index contributed by atoms with van der Waals surface area (Å²) in [6.45, 7) is 10.0. The van der Waals surface area contributed by atoms with E-state index in [9.17, 15) is 0 Å². The third kappa shape index (κ3) is 9.16. The average molecular weight is 962 g/mol. The first-order chi connectivity index (χ1) is 31.3. The number of anilines is 4. The third-order valence-electron chi connectivity index (χ3n) is 12.0. The fourth-order valence-corrected chi connectivity index (χ4v) is 9.72. The number of hydrogen-bond donors (Lipinski definition) is 2. The van der Waals surface area contributed by atoms with Gasteiger partial charge in [0.15, 0.2) is 0 Å². The number of benzene rings is 9. The first kappa shape index (κ1) is 44.2. The predicted octanol–water partition coefficient (Wildman–Crippen LogP) is 17.5. The van der Waals surface area contributed by atoms with Crippen molar-refractivity contribution >= 4 is 63.8 Å². The van der Waals surface area contributed by atoms with E-state index in [2.05, 4.69) is 263 Å². The van der Waals surface area contributed by atoms with Crippen LogP contribution in [-0.2, 0) is 5.41 Å². The molecule has 9 aromatic carbocycles. The monoisotopic (exact) mass is 961 g/mol. The Morgan fingerprint density at radius 1 is 0.469 bits per heavy atom. The highest BCUT2D eigenvalue weighted by atomic mass is 127. The van der Waals surface area contributed by atoms with Gasteiger partial charge in [-0.3, -0.25) is 0 Å². The lowest BCUT2D eigenvalue weighted by Gasteiger charge is -2.28. The van der Waals surface area contributed by atoms with E-state index in [-0.39, 0.29) is 5.41 Å². The van der Waals surface area contributed by atoms with E-state index in [1.54, 1.807) is 15.2 Å². The molecular formula is C59H52IN3S. The van der Waals surface area contributed by atoms with Gasteiger partial charge in [0.05, 0.1) is 0 Å². The summed E-state index contributed by atoms with van der Waals surface area (Å²) in [4.78, 5) is 2.40. The molecule has 1 aliphatic rings. The van der Waals surface area contributed by atoms with Crippen molar-refractivity contribution in [2.45, 2.75) is 26.2 Å². The van der Waals surface area contributed by atoms with Gasteiger partial charge in [-0.25, -0.2) is 0 Å². The summed E-state index contributed by atoms with van der Waals surface area (Å²) < 4.78 is 3.29. The number of rotatable bonds is 9. The van der Waals surface area contributed by atoms with Gasteiger partial charge in [0.25, 0.3) is 0 Å². The molecule has 3 N–H and O–H groups in total. The van der Waals surface area contributed by atoms with Gasteiger partial charge in [-0.1, -0.05) is 166 Å². The van der Waals surface area contributed by atoms with E-state index in [0.29, 0.717) is 0 Å². The van der Waals surface area contributed by atoms with Crippen molar-refractivity contribution < 1.29 is 0 Å². The molecule has 0 fully saturated rings. The number of nitrogens with zero attached hydrogens (tertiary/aromatic N) is 1. The van der Waals surface area contributed by atoms with Crippen molar-refractivity contribution in [1.29, 1.82) is 0 Å². The van der Waals surface area contributed by atoms with E-state index in [0.717, 1.165) is 22.7 Å². The van der Waals surface area contributed by atoms with Crippen LogP contribution in [-0.4, -0.2) is 7.05 Å². The van der Waals surface area contributed by atoms with E-state index >= 15 is 0 Å². The largest absolute Gasteiger partial charge is 0.333 e. The van der Waals surface area contributed by atoms with Crippen LogP contribution < -0.4 is 15.4 Å². The number of nitrogens with one attached hydrogen (secondary N) is 1. The summed E-state index contributed by atoms with van der Waals surface area (Å²) in [7, 11) is 3.07. The fourth-order valence-electron chi connectivity index (χ4n) is 8.73. The third-order valence-corrected chi connectivity index (χ3v) is 12.9. The first-order valence-electron chi connectivity index (χ1n) is 21.6. The first-order valence-corrected chi connectivity index (χ1v) is 24.9. The second-order valence-electron chi connectivity index (χ2n) is 16.2. The number of fused-ring (bicyclic) bond motifs is 4. The average Bonchev–Trinajstić information content (AvgIpc) is 3.58. The summed E-state index contributed by atoms with van der Waals surface area (Å²) in [5, 5.41) is 2.53. The highest BCUT2D eigenvalue weighted by molar-refractivity contribution is 14.2. The minimum absolute atomic E-state index is 0.181. The predicted molar refractivity (Wildman–Crippen MR) is 289 cm³/mol. The maximum Gasteiger partial charge on any atom is 0.0465 e. The maximum atomic E-state index is 4.50. The zero-order chi connectivity index (χ0) is 44.6. The second kappa shape index (κ2) is 20.0. The van der Waals surface area contributed by atoms with Crippen molar-refractivity contribution in [2.24, 2.45) is 5.73 Å². The zero-order valence-electron chi connectivity index (χ0n) is 36.7. The maximum absolute atomic E-state index is 4.50. The van der Waals surface area contributed by atoms with Gasteiger partial charge in [-0.05, 0) is 152 Å². The Morgan fingerprint density at radius 2 is 0.859 bits per heavy atom. The molecule has 0 saturated carbocycles. The van der Waals surface area contributed by atoms with E-state index in [4.69, 9.17) is 0 Å². The molecule has 0 saturated heterocycles. The molecule has 0 spiro atoms. The van der Waals surface area contributed by atoms with Crippen molar-refractivity contribution in [2.75, 3.05) is 16.7 Å². The van der Waals surface area contributed by atoms with Gasteiger partial charge >= 0.3 is 0 Å². The van der Waals surface area contributed by atoms with Crippen LogP contribution in [0.1, 0.15) is 31.9 Å². The Bertz CT molecular complexity index is 3000. The fraction of sp³-hybridized carbons (Fsp3) is 0.0847. The lowest BCUT2D eigenvalue weighted by molar-refractivity contribution is 0.660. The van der Waals surface area contributed by atoms with Gasteiger partial charge < -0.3 is 15.4 Å². The molecule has 3 nitrogen and oxygen atoms in total. The topological polar surface area (TPSA) is 41.3 Å². The molecule has 0 atom stereocenters. The number of allylic oxidation sites excluding steroid dienone is 1. The van der Waals surface area contributed by atoms with E-state index in [1.165, 1.54) is 84.6 Å². The Morgan fingerprint density at radius 3 is 1.41 bits per heavy atom. The zero-order valence-corrected chi connectivity index (χ0v) is 39.7. The molecular weight excluding hydrogens is 910 g/mol. The molecule has 0 aromatic heterocycles. The molecule has 9 aromatic rings. The highest BCUT2D eigenvalue weighted by Gasteiger charge is 2.36. The molecule has 0 radical (unpaired) electrons. The Hall–Kier alpha value is -6.38. The second-order valence-corrected chi connectivity index (χ2v) is 17.9. The number of halogens is 1. The lowest BCUT2D eigenvalue weighted by atomic mass is 9.81. The minimum atomic E-state index is -0.181. The Kier molecular flexibility index (Phi) is 13.8. The summed E-state index contributed by atoms with van der Waals surface area (Å²) >= 11 is 2.25. The number of hydrogen-bond acceptors (Lipinski definition) is 4. The molecule has 0 bridgehead atoms. The SMILES string of the molecule is C=CC.CC1(C)c2cc(-c3ccc4ccccc4c3)ccc2-c2ccc(N(c3ccc(-c4ccccc4)cc3)c3ccc(-c4ccc(-c5ccc(NSI)cc5)cc4)cc3)cc21.CN. The van der Waals surface area contributed by atoms with Gasteiger partial charge in [0.2, 0.25) is 0 Å². The van der Waals surface area contributed by atoms with Crippen molar-refractivity contribution in [3.63, 3.8) is 0 Å². The van der Waals surface area contributed by atoms with Crippen molar-refractivity contribution in [3.8, 4) is 55.6 Å². The normalized spacial score (nSPS) is 11.8. The molecule has 316 valence electrons. The molecule has 10 rings (SSSR count). The van der Waals surface area contributed by atoms with Gasteiger partial charge in [0, 0.05) is 58.5 Å². The van der Waals surface area contributed by atoms with Crippen LogP contribution in [0.15, 0.2) is 219 Å². The lowest BCUT2D eigenvalue weighted by Crippen LogP contribution is -2.16. The number of nitrogens with two attached hydrogens (primary N) is 1. The van der Waals surface area contributed by atoms with Crippen LogP contribution in [0.4, 0.5) is 22.7 Å². The van der Waals surface area contributed by atoms with Crippen LogP contribution in [0, 0.1) is 0 Å². The van der Waals surface area contributed by atoms with E-state index < -0.39 is 0 Å². The molecule has 1 aliphatic carbocycles.